The van der Waals surface area contributed by atoms with Crippen LogP contribution < -0.4 is 25.0 Å². The van der Waals surface area contributed by atoms with Gasteiger partial charge in [0.05, 0.1) is 25.3 Å². The van der Waals surface area contributed by atoms with E-state index in [-0.39, 0.29) is 17.9 Å². The van der Waals surface area contributed by atoms with Gasteiger partial charge in [-0.3, -0.25) is 9.59 Å². The van der Waals surface area contributed by atoms with Crippen LogP contribution >= 0.6 is 0 Å². The third-order valence-electron chi connectivity index (χ3n) is 7.56. The van der Waals surface area contributed by atoms with Gasteiger partial charge < -0.3 is 25.0 Å². The van der Waals surface area contributed by atoms with Crippen molar-refractivity contribution in [1.29, 1.82) is 0 Å². The van der Waals surface area contributed by atoms with E-state index >= 15 is 0 Å². The number of nitrogens with one attached hydrogen (secondary N) is 2. The first-order chi connectivity index (χ1) is 18.6. The number of ether oxygens (including phenoxy) is 2. The number of hydrogen-bond donors (Lipinski definition) is 2. The molecule has 0 radical (unpaired) electrons. The highest BCUT2D eigenvalue weighted by molar-refractivity contribution is 6.08. The van der Waals surface area contributed by atoms with E-state index in [0.717, 1.165) is 50.9 Å². The summed E-state index contributed by atoms with van der Waals surface area (Å²) in [5.41, 5.74) is 5.04. The zero-order valence-electron chi connectivity index (χ0n) is 22.1. The number of amides is 2. The lowest BCUT2D eigenvalue weighted by Gasteiger charge is -2.32. The second-order valence-electron chi connectivity index (χ2n) is 10.0. The number of carbonyl (C=O) groups is 2. The monoisotopic (exact) mass is 513 g/mol. The Morgan fingerprint density at radius 3 is 2.39 bits per heavy atom. The van der Waals surface area contributed by atoms with Crippen LogP contribution in [0.5, 0.6) is 11.5 Å². The maximum Gasteiger partial charge on any atom is 0.259 e. The summed E-state index contributed by atoms with van der Waals surface area (Å²) in [5.74, 6) is 0.611. The molecule has 0 spiro atoms. The van der Waals surface area contributed by atoms with Crippen LogP contribution in [0.15, 0.2) is 60.7 Å². The molecule has 2 N–H and O–H groups in total. The molecule has 1 fully saturated rings. The SMILES string of the molecule is COc1ccc(C(=O)Nc2ccc(N3CCc4ccccc4C3)c(C(=O)NC3CCCCC3)c2)c(OC)c1. The minimum absolute atomic E-state index is 0.0936. The predicted octanol–water partition coefficient (Wildman–Crippen LogP) is 5.58. The lowest BCUT2D eigenvalue weighted by Crippen LogP contribution is -2.38. The number of anilines is 2. The van der Waals surface area contributed by atoms with Gasteiger partial charge >= 0.3 is 0 Å². The first-order valence-electron chi connectivity index (χ1n) is 13.4. The third kappa shape index (κ3) is 5.62. The summed E-state index contributed by atoms with van der Waals surface area (Å²) < 4.78 is 10.7. The number of benzene rings is 3. The average molecular weight is 514 g/mol. The molecule has 1 heterocycles. The smallest absolute Gasteiger partial charge is 0.259 e. The molecule has 1 aliphatic carbocycles. The van der Waals surface area contributed by atoms with Crippen LogP contribution in [0.2, 0.25) is 0 Å². The van der Waals surface area contributed by atoms with Crippen molar-refractivity contribution in [3.05, 3.63) is 82.9 Å². The Balaban J connectivity index is 1.43. The van der Waals surface area contributed by atoms with E-state index in [2.05, 4.69) is 39.8 Å². The molecule has 0 aromatic heterocycles. The van der Waals surface area contributed by atoms with Gasteiger partial charge in [0.1, 0.15) is 11.5 Å². The first kappa shape index (κ1) is 25.6. The van der Waals surface area contributed by atoms with E-state index in [1.807, 2.05) is 12.1 Å². The summed E-state index contributed by atoms with van der Waals surface area (Å²) in [7, 11) is 3.09. The van der Waals surface area contributed by atoms with Crippen LogP contribution in [-0.2, 0) is 13.0 Å². The largest absolute Gasteiger partial charge is 0.497 e. The average Bonchev–Trinajstić information content (AvgIpc) is 2.97. The van der Waals surface area contributed by atoms with Gasteiger partial charge in [-0.25, -0.2) is 0 Å². The van der Waals surface area contributed by atoms with Gasteiger partial charge in [0, 0.05) is 36.6 Å². The lowest BCUT2D eigenvalue weighted by atomic mass is 9.95. The maximum absolute atomic E-state index is 13.6. The number of fused-ring (bicyclic) bond motifs is 1. The Hall–Kier alpha value is -4.00. The molecule has 7 nitrogen and oxygen atoms in total. The Labute approximate surface area is 224 Å². The van der Waals surface area contributed by atoms with Crippen LogP contribution in [0.25, 0.3) is 0 Å². The molecule has 3 aromatic carbocycles. The molecular weight excluding hydrogens is 478 g/mol. The van der Waals surface area contributed by atoms with Crippen LogP contribution in [0, 0.1) is 0 Å². The molecule has 0 saturated heterocycles. The zero-order chi connectivity index (χ0) is 26.5. The highest BCUT2D eigenvalue weighted by atomic mass is 16.5. The molecule has 0 bridgehead atoms. The molecule has 0 atom stereocenters. The second kappa shape index (κ2) is 11.6. The van der Waals surface area contributed by atoms with Gasteiger partial charge in [0.15, 0.2) is 0 Å². The highest BCUT2D eigenvalue weighted by Gasteiger charge is 2.24. The predicted molar refractivity (Wildman–Crippen MR) is 149 cm³/mol. The number of rotatable bonds is 7. The number of nitrogens with zero attached hydrogens (tertiary/aromatic N) is 1. The van der Waals surface area contributed by atoms with Crippen LogP contribution in [0.3, 0.4) is 0 Å². The van der Waals surface area contributed by atoms with Gasteiger partial charge in [0.25, 0.3) is 11.8 Å². The number of hydrogen-bond acceptors (Lipinski definition) is 5. The van der Waals surface area contributed by atoms with Crippen molar-refractivity contribution < 1.29 is 19.1 Å². The summed E-state index contributed by atoms with van der Waals surface area (Å²) in [6.07, 6.45) is 6.44. The van der Waals surface area contributed by atoms with Crippen molar-refractivity contribution in [3.8, 4) is 11.5 Å². The molecule has 198 valence electrons. The second-order valence-corrected chi connectivity index (χ2v) is 10.0. The van der Waals surface area contributed by atoms with Crippen molar-refractivity contribution >= 4 is 23.2 Å². The normalized spacial score (nSPS) is 15.4. The third-order valence-corrected chi connectivity index (χ3v) is 7.56. The fourth-order valence-corrected chi connectivity index (χ4v) is 5.47. The van der Waals surface area contributed by atoms with Gasteiger partial charge in [0.2, 0.25) is 0 Å². The molecule has 1 saturated carbocycles. The molecule has 1 aliphatic heterocycles. The Morgan fingerprint density at radius 2 is 1.63 bits per heavy atom. The van der Waals surface area contributed by atoms with Crippen molar-refractivity contribution in [3.63, 3.8) is 0 Å². The number of carbonyl (C=O) groups excluding carboxylic acids is 2. The van der Waals surface area contributed by atoms with E-state index in [9.17, 15) is 9.59 Å². The summed E-state index contributed by atoms with van der Waals surface area (Å²) >= 11 is 0. The van der Waals surface area contributed by atoms with Gasteiger partial charge in [-0.15, -0.1) is 0 Å². The molecule has 38 heavy (non-hydrogen) atoms. The Kier molecular flexibility index (Phi) is 7.82. The van der Waals surface area contributed by atoms with Gasteiger partial charge in [-0.05, 0) is 60.7 Å². The Bertz CT molecular complexity index is 1320. The minimum atomic E-state index is -0.317. The van der Waals surface area contributed by atoms with Crippen molar-refractivity contribution in [2.45, 2.75) is 51.1 Å². The van der Waals surface area contributed by atoms with E-state index in [1.165, 1.54) is 24.7 Å². The van der Waals surface area contributed by atoms with Gasteiger partial charge in [-0.2, -0.15) is 0 Å². The Morgan fingerprint density at radius 1 is 0.842 bits per heavy atom. The molecule has 2 aliphatic rings. The first-order valence-corrected chi connectivity index (χ1v) is 13.4. The van der Waals surface area contributed by atoms with Crippen LogP contribution in [0.4, 0.5) is 11.4 Å². The molecule has 3 aromatic rings. The molecular formula is C31H35N3O4. The molecule has 7 heteroatoms. The highest BCUT2D eigenvalue weighted by Crippen LogP contribution is 2.31. The number of methoxy groups -OCH3 is 2. The lowest BCUT2D eigenvalue weighted by molar-refractivity contribution is 0.0927. The topological polar surface area (TPSA) is 79.9 Å². The standard InChI is InChI=1S/C31H35N3O4/c1-37-25-13-14-26(29(19-25)38-2)30(35)33-24-12-15-28(34-17-16-21-8-6-7-9-22(21)20-34)27(18-24)31(36)32-23-10-4-3-5-11-23/h6-9,12-15,18-19,23H,3-5,10-11,16-17,20H2,1-2H3,(H,32,36)(H,33,35). The zero-order valence-corrected chi connectivity index (χ0v) is 22.1. The van der Waals surface area contributed by atoms with Crippen molar-refractivity contribution in [2.24, 2.45) is 0 Å². The van der Waals surface area contributed by atoms with E-state index < -0.39 is 0 Å². The van der Waals surface area contributed by atoms with E-state index in [4.69, 9.17) is 9.47 Å². The maximum atomic E-state index is 13.6. The fraction of sp³-hybridized carbons (Fsp3) is 0.355. The van der Waals surface area contributed by atoms with Crippen LogP contribution in [-0.4, -0.2) is 38.6 Å². The molecule has 0 unspecified atom stereocenters. The molecule has 5 rings (SSSR count). The summed E-state index contributed by atoms with van der Waals surface area (Å²) in [5, 5.41) is 6.22. The van der Waals surface area contributed by atoms with E-state index in [1.54, 1.807) is 31.4 Å². The van der Waals surface area contributed by atoms with E-state index in [0.29, 0.717) is 28.3 Å². The van der Waals surface area contributed by atoms with Gasteiger partial charge in [-0.1, -0.05) is 43.5 Å². The summed E-state index contributed by atoms with van der Waals surface area (Å²) in [6.45, 7) is 1.57. The van der Waals surface area contributed by atoms with Crippen molar-refractivity contribution in [2.75, 3.05) is 31.0 Å². The molecule has 2 amide bonds. The van der Waals surface area contributed by atoms with Crippen molar-refractivity contribution in [1.82, 2.24) is 5.32 Å². The fourth-order valence-electron chi connectivity index (χ4n) is 5.47. The van der Waals surface area contributed by atoms with Crippen LogP contribution in [0.1, 0.15) is 63.9 Å². The summed E-state index contributed by atoms with van der Waals surface area (Å²) in [4.78, 5) is 29.0. The quantitative estimate of drug-likeness (QED) is 0.431. The minimum Gasteiger partial charge on any atom is -0.497 e. The summed E-state index contributed by atoms with van der Waals surface area (Å²) in [6, 6.07) is 19.3.